The van der Waals surface area contributed by atoms with E-state index in [1.54, 1.807) is 0 Å². The van der Waals surface area contributed by atoms with Gasteiger partial charge in [0.15, 0.2) is 0 Å². The highest BCUT2D eigenvalue weighted by molar-refractivity contribution is 9.10. The minimum Gasteiger partial charge on any atom is -0.262 e. The molecular weight excluding hydrogens is 316 g/mol. The molecule has 0 atom stereocenters. The molecule has 0 unspecified atom stereocenters. The largest absolute Gasteiger partial charge is 0.262 e. The molecule has 1 aromatic carbocycles. The summed E-state index contributed by atoms with van der Waals surface area (Å²) >= 11 is 3.55. The predicted molar refractivity (Wildman–Crippen MR) is 82.1 cm³/mol. The third kappa shape index (κ3) is 2.41. The summed E-state index contributed by atoms with van der Waals surface area (Å²) in [6.45, 7) is 4.73. The number of rotatable bonds is 3. The molecule has 0 N–H and O–H groups in total. The van der Waals surface area contributed by atoms with Crippen molar-refractivity contribution in [1.82, 2.24) is 19.6 Å². The number of hydrogen-bond acceptors (Lipinski definition) is 2. The van der Waals surface area contributed by atoms with Crippen LogP contribution in [0.1, 0.15) is 17.1 Å². The third-order valence-corrected chi connectivity index (χ3v) is 4.42. The number of aromatic nitrogens is 4. The second-order valence-corrected chi connectivity index (χ2v) is 5.52. The molecule has 102 valence electrons. The van der Waals surface area contributed by atoms with Crippen molar-refractivity contribution in [2.45, 2.75) is 20.4 Å². The average Bonchev–Trinajstić information content (AvgIpc) is 3.02. The first kappa shape index (κ1) is 13.1. The van der Waals surface area contributed by atoms with E-state index in [4.69, 9.17) is 0 Å². The maximum Gasteiger partial charge on any atom is 0.0853 e. The lowest BCUT2D eigenvalue weighted by molar-refractivity contribution is 0.639. The number of para-hydroxylation sites is 1. The van der Waals surface area contributed by atoms with Gasteiger partial charge in [-0.05, 0) is 48.0 Å². The molecule has 3 aromatic rings. The highest BCUT2D eigenvalue weighted by Crippen LogP contribution is 2.20. The lowest BCUT2D eigenvalue weighted by Gasteiger charge is -2.02. The minimum atomic E-state index is 0.679. The molecule has 4 nitrogen and oxygen atoms in total. The van der Waals surface area contributed by atoms with Crippen molar-refractivity contribution < 1.29 is 0 Å². The van der Waals surface area contributed by atoms with Gasteiger partial charge in [-0.1, -0.05) is 18.2 Å². The first-order valence-electron chi connectivity index (χ1n) is 6.44. The fourth-order valence-electron chi connectivity index (χ4n) is 2.15. The lowest BCUT2D eigenvalue weighted by atomic mass is 10.3. The molecule has 0 saturated heterocycles. The zero-order valence-electron chi connectivity index (χ0n) is 11.4. The molecule has 0 fully saturated rings. The fraction of sp³-hybridized carbons (Fsp3) is 0.200. The van der Waals surface area contributed by atoms with Crippen LogP contribution in [0.25, 0.3) is 5.69 Å². The van der Waals surface area contributed by atoms with E-state index in [1.807, 2.05) is 58.9 Å². The van der Waals surface area contributed by atoms with Crippen LogP contribution in [-0.4, -0.2) is 19.6 Å². The van der Waals surface area contributed by atoms with E-state index in [1.165, 1.54) is 0 Å². The van der Waals surface area contributed by atoms with Gasteiger partial charge in [-0.3, -0.25) is 4.68 Å². The van der Waals surface area contributed by atoms with Gasteiger partial charge in [0.2, 0.25) is 0 Å². The average molecular weight is 331 g/mol. The predicted octanol–water partition coefficient (Wildman–Crippen LogP) is 3.50. The third-order valence-electron chi connectivity index (χ3n) is 3.27. The molecule has 0 saturated carbocycles. The van der Waals surface area contributed by atoms with Gasteiger partial charge in [-0.25, -0.2) is 4.68 Å². The summed E-state index contributed by atoms with van der Waals surface area (Å²) in [4.78, 5) is 0. The van der Waals surface area contributed by atoms with E-state index in [9.17, 15) is 0 Å². The van der Waals surface area contributed by atoms with Crippen LogP contribution in [0, 0.1) is 13.8 Å². The van der Waals surface area contributed by atoms with E-state index < -0.39 is 0 Å². The van der Waals surface area contributed by atoms with Gasteiger partial charge in [-0.2, -0.15) is 10.2 Å². The zero-order valence-corrected chi connectivity index (χ0v) is 13.0. The summed E-state index contributed by atoms with van der Waals surface area (Å²) in [6, 6.07) is 12.1. The molecule has 3 rings (SSSR count). The van der Waals surface area contributed by atoms with Gasteiger partial charge < -0.3 is 0 Å². The zero-order chi connectivity index (χ0) is 14.1. The van der Waals surface area contributed by atoms with Crippen LogP contribution in [-0.2, 0) is 6.54 Å². The van der Waals surface area contributed by atoms with Crippen LogP contribution in [0.15, 0.2) is 47.1 Å². The van der Waals surface area contributed by atoms with E-state index in [2.05, 4.69) is 33.1 Å². The number of nitrogens with zero attached hydrogens (tertiary/aromatic N) is 4. The van der Waals surface area contributed by atoms with Crippen molar-refractivity contribution in [3.63, 3.8) is 0 Å². The Labute approximate surface area is 126 Å². The monoisotopic (exact) mass is 330 g/mol. The molecule has 2 aromatic heterocycles. The molecule has 0 amide bonds. The van der Waals surface area contributed by atoms with Crippen molar-refractivity contribution in [2.75, 3.05) is 0 Å². The van der Waals surface area contributed by atoms with Crippen LogP contribution in [0.3, 0.4) is 0 Å². The van der Waals surface area contributed by atoms with Gasteiger partial charge in [-0.15, -0.1) is 0 Å². The number of benzene rings is 1. The van der Waals surface area contributed by atoms with Crippen LogP contribution in [0.5, 0.6) is 0 Å². The summed E-state index contributed by atoms with van der Waals surface area (Å²) in [5.74, 6) is 0. The number of hydrogen-bond donors (Lipinski definition) is 0. The Morgan fingerprint density at radius 2 is 1.80 bits per heavy atom. The van der Waals surface area contributed by atoms with Crippen molar-refractivity contribution >= 4 is 15.9 Å². The summed E-state index contributed by atoms with van der Waals surface area (Å²) < 4.78 is 4.92. The number of halogens is 1. The van der Waals surface area contributed by atoms with E-state index >= 15 is 0 Å². The Bertz CT molecular complexity index is 728. The molecule has 0 radical (unpaired) electrons. The molecule has 0 aliphatic heterocycles. The smallest absolute Gasteiger partial charge is 0.0853 e. The van der Waals surface area contributed by atoms with Gasteiger partial charge in [0.05, 0.1) is 33.8 Å². The molecular formula is C15H15BrN4. The SMILES string of the molecule is Cc1nn(Cc2ccn(-c3ccccc3)n2)c(C)c1Br. The maximum atomic E-state index is 4.60. The quantitative estimate of drug-likeness (QED) is 0.736. The maximum absolute atomic E-state index is 4.60. The van der Waals surface area contributed by atoms with Gasteiger partial charge in [0, 0.05) is 6.20 Å². The molecule has 0 aliphatic carbocycles. The van der Waals surface area contributed by atoms with Crippen LogP contribution in [0.4, 0.5) is 0 Å². The molecule has 5 heteroatoms. The number of aryl methyl sites for hydroxylation is 1. The molecule has 20 heavy (non-hydrogen) atoms. The summed E-state index contributed by atoms with van der Waals surface area (Å²) in [5.41, 5.74) is 4.18. The Balaban J connectivity index is 1.86. The molecule has 0 spiro atoms. The van der Waals surface area contributed by atoms with Crippen molar-refractivity contribution in [3.05, 3.63) is 64.1 Å². The Morgan fingerprint density at radius 1 is 1.05 bits per heavy atom. The normalized spacial score (nSPS) is 10.9. The second kappa shape index (κ2) is 5.25. The highest BCUT2D eigenvalue weighted by atomic mass is 79.9. The van der Waals surface area contributed by atoms with Crippen molar-refractivity contribution in [2.24, 2.45) is 0 Å². The molecule has 0 aliphatic rings. The standard InChI is InChI=1S/C15H15BrN4/c1-11-15(16)12(2)20(17-11)10-13-8-9-19(18-13)14-6-4-3-5-7-14/h3-9H,10H2,1-2H3. The van der Waals surface area contributed by atoms with E-state index in [0.717, 1.165) is 27.2 Å². The Kier molecular flexibility index (Phi) is 3.44. The van der Waals surface area contributed by atoms with Gasteiger partial charge in [0.25, 0.3) is 0 Å². The van der Waals surface area contributed by atoms with Crippen LogP contribution >= 0.6 is 15.9 Å². The van der Waals surface area contributed by atoms with E-state index in [0.29, 0.717) is 6.54 Å². The first-order chi connectivity index (χ1) is 9.65. The van der Waals surface area contributed by atoms with Crippen LogP contribution in [0.2, 0.25) is 0 Å². The Hall–Kier alpha value is -1.88. The van der Waals surface area contributed by atoms with Gasteiger partial charge >= 0.3 is 0 Å². The van der Waals surface area contributed by atoms with Crippen molar-refractivity contribution in [1.29, 1.82) is 0 Å². The lowest BCUT2D eigenvalue weighted by Crippen LogP contribution is -2.05. The van der Waals surface area contributed by atoms with Crippen molar-refractivity contribution in [3.8, 4) is 5.69 Å². The summed E-state index contributed by atoms with van der Waals surface area (Å²) in [6.07, 6.45) is 1.98. The fourth-order valence-corrected chi connectivity index (χ4v) is 2.44. The minimum absolute atomic E-state index is 0.679. The summed E-state index contributed by atoms with van der Waals surface area (Å²) in [5, 5.41) is 9.10. The van der Waals surface area contributed by atoms with Gasteiger partial charge in [0.1, 0.15) is 0 Å². The van der Waals surface area contributed by atoms with E-state index in [-0.39, 0.29) is 0 Å². The summed E-state index contributed by atoms with van der Waals surface area (Å²) in [7, 11) is 0. The Morgan fingerprint density at radius 3 is 2.45 bits per heavy atom. The van der Waals surface area contributed by atoms with Crippen LogP contribution < -0.4 is 0 Å². The topological polar surface area (TPSA) is 35.6 Å². The molecule has 2 heterocycles. The molecule has 0 bridgehead atoms. The first-order valence-corrected chi connectivity index (χ1v) is 7.24. The highest BCUT2D eigenvalue weighted by Gasteiger charge is 2.10. The second-order valence-electron chi connectivity index (χ2n) is 4.73.